The second-order valence-corrected chi connectivity index (χ2v) is 6.97. The van der Waals surface area contributed by atoms with E-state index in [4.69, 9.17) is 16.3 Å². The van der Waals surface area contributed by atoms with E-state index >= 15 is 0 Å². The Balaban J connectivity index is 1.73. The van der Waals surface area contributed by atoms with Gasteiger partial charge in [0, 0.05) is 39.8 Å². The minimum atomic E-state index is -0.842. The number of nitrogens with zero attached hydrogens (tertiary/aromatic N) is 1. The molecule has 2 heterocycles. The molecule has 1 saturated heterocycles. The minimum absolute atomic E-state index is 0.162. The monoisotopic (exact) mass is 367 g/mol. The van der Waals surface area contributed by atoms with Gasteiger partial charge in [-0.05, 0) is 23.8 Å². The highest BCUT2D eigenvalue weighted by Gasteiger charge is 2.36. The minimum Gasteiger partial charge on any atom is -0.462 e. The summed E-state index contributed by atoms with van der Waals surface area (Å²) in [5.74, 6) is -0.851. The number of halogens is 1. The molecule has 0 radical (unpaired) electrons. The van der Waals surface area contributed by atoms with Crippen LogP contribution < -0.4 is 0 Å². The number of cyclic esters (lactones) is 1. The molecule has 1 aliphatic rings. The number of benzene rings is 2. The molecule has 3 aromatic rings. The second kappa shape index (κ2) is 6.63. The van der Waals surface area contributed by atoms with Gasteiger partial charge in [-0.2, -0.15) is 0 Å². The van der Waals surface area contributed by atoms with Crippen LogP contribution in [0.5, 0.6) is 0 Å². The van der Waals surface area contributed by atoms with Crippen molar-refractivity contribution in [1.82, 2.24) is 4.57 Å². The van der Waals surface area contributed by atoms with Crippen LogP contribution in [0.4, 0.5) is 0 Å². The Morgan fingerprint density at radius 2 is 1.96 bits per heavy atom. The topological polar surface area (TPSA) is 51.5 Å². The number of esters is 1. The lowest BCUT2D eigenvalue weighted by molar-refractivity contribution is -0.135. The summed E-state index contributed by atoms with van der Waals surface area (Å²) < 4.78 is 7.12. The lowest BCUT2D eigenvalue weighted by Gasteiger charge is -2.15. The third kappa shape index (κ3) is 2.91. The van der Waals surface area contributed by atoms with E-state index in [1.165, 1.54) is 0 Å². The summed E-state index contributed by atoms with van der Waals surface area (Å²) in [6.45, 7) is 4.59. The maximum absolute atomic E-state index is 11.6. The van der Waals surface area contributed by atoms with Crippen LogP contribution in [0.1, 0.15) is 17.2 Å². The zero-order valence-corrected chi connectivity index (χ0v) is 14.8. The van der Waals surface area contributed by atoms with Crippen LogP contribution in [-0.4, -0.2) is 22.2 Å². The SMILES string of the molecule is C=C1C(=O)OCC1C(O)c1cn(Cc2ccc(Cl)cc2)c2ccccc12. The summed E-state index contributed by atoms with van der Waals surface area (Å²) in [5.41, 5.74) is 3.23. The number of hydrogen-bond acceptors (Lipinski definition) is 3. The summed E-state index contributed by atoms with van der Waals surface area (Å²) in [7, 11) is 0. The summed E-state index contributed by atoms with van der Waals surface area (Å²) in [4.78, 5) is 11.6. The number of hydrogen-bond donors (Lipinski definition) is 1. The number of aliphatic hydroxyl groups is 1. The summed E-state index contributed by atoms with van der Waals surface area (Å²) in [6, 6.07) is 15.6. The van der Waals surface area contributed by atoms with E-state index in [-0.39, 0.29) is 6.61 Å². The van der Waals surface area contributed by atoms with Gasteiger partial charge in [-0.1, -0.05) is 48.5 Å². The number of fused-ring (bicyclic) bond motifs is 1. The number of rotatable bonds is 4. The fraction of sp³-hybridized carbons (Fsp3) is 0.190. The molecule has 0 bridgehead atoms. The molecule has 0 saturated carbocycles. The molecule has 2 aromatic carbocycles. The van der Waals surface area contributed by atoms with Crippen molar-refractivity contribution in [3.05, 3.63) is 83.0 Å². The lowest BCUT2D eigenvalue weighted by Crippen LogP contribution is -2.14. The van der Waals surface area contributed by atoms with Gasteiger partial charge in [-0.3, -0.25) is 0 Å². The Hall–Kier alpha value is -2.56. The highest BCUT2D eigenvalue weighted by atomic mass is 35.5. The normalized spacial score (nSPS) is 18.3. The van der Waals surface area contributed by atoms with Crippen LogP contribution >= 0.6 is 11.6 Å². The molecule has 4 rings (SSSR count). The first-order valence-electron chi connectivity index (χ1n) is 8.41. The number of carbonyl (C=O) groups excluding carboxylic acids is 1. The van der Waals surface area contributed by atoms with Crippen LogP contribution in [-0.2, 0) is 16.1 Å². The Labute approximate surface area is 156 Å². The van der Waals surface area contributed by atoms with Gasteiger partial charge in [0.25, 0.3) is 0 Å². The van der Waals surface area contributed by atoms with Crippen molar-refractivity contribution >= 4 is 28.5 Å². The largest absolute Gasteiger partial charge is 0.462 e. The van der Waals surface area contributed by atoms with Crippen molar-refractivity contribution < 1.29 is 14.6 Å². The van der Waals surface area contributed by atoms with Crippen molar-refractivity contribution in [2.45, 2.75) is 12.6 Å². The lowest BCUT2D eigenvalue weighted by atomic mass is 9.92. The Morgan fingerprint density at radius 3 is 2.65 bits per heavy atom. The molecule has 1 aliphatic heterocycles. The molecule has 132 valence electrons. The first-order chi connectivity index (χ1) is 12.5. The van der Waals surface area contributed by atoms with Crippen molar-refractivity contribution in [2.24, 2.45) is 5.92 Å². The van der Waals surface area contributed by atoms with Gasteiger partial charge in [0.05, 0.1) is 12.0 Å². The number of para-hydroxylation sites is 1. The predicted octanol–water partition coefficient (Wildman–Crippen LogP) is 4.11. The van der Waals surface area contributed by atoms with Gasteiger partial charge in [0.1, 0.15) is 6.61 Å². The van der Waals surface area contributed by atoms with E-state index in [9.17, 15) is 9.90 Å². The van der Waals surface area contributed by atoms with Crippen molar-refractivity contribution in [3.63, 3.8) is 0 Å². The molecule has 1 aromatic heterocycles. The van der Waals surface area contributed by atoms with Gasteiger partial charge in [0.15, 0.2) is 0 Å². The van der Waals surface area contributed by atoms with Crippen LogP contribution in [0, 0.1) is 5.92 Å². The second-order valence-electron chi connectivity index (χ2n) is 6.53. The zero-order valence-electron chi connectivity index (χ0n) is 14.1. The predicted molar refractivity (Wildman–Crippen MR) is 101 cm³/mol. The molecule has 1 N–H and O–H groups in total. The molecular weight excluding hydrogens is 350 g/mol. The highest BCUT2D eigenvalue weighted by Crippen LogP contribution is 2.36. The van der Waals surface area contributed by atoms with E-state index in [1.54, 1.807) is 0 Å². The standard InChI is InChI=1S/C21H18ClNO3/c1-13-18(12-26-21(13)25)20(24)17-11-23(19-5-3-2-4-16(17)19)10-14-6-8-15(22)9-7-14/h2-9,11,18,20,24H,1,10,12H2. The van der Waals surface area contributed by atoms with E-state index in [0.29, 0.717) is 17.1 Å². The highest BCUT2D eigenvalue weighted by molar-refractivity contribution is 6.30. The van der Waals surface area contributed by atoms with Crippen molar-refractivity contribution in [1.29, 1.82) is 0 Å². The summed E-state index contributed by atoms with van der Waals surface area (Å²) in [5, 5.41) is 12.6. The third-order valence-electron chi connectivity index (χ3n) is 4.89. The number of carbonyl (C=O) groups is 1. The maximum Gasteiger partial charge on any atom is 0.333 e. The van der Waals surface area contributed by atoms with Crippen molar-refractivity contribution in [2.75, 3.05) is 6.61 Å². The van der Waals surface area contributed by atoms with Gasteiger partial charge >= 0.3 is 5.97 Å². The average molecular weight is 368 g/mol. The molecule has 2 atom stereocenters. The van der Waals surface area contributed by atoms with Gasteiger partial charge in [-0.25, -0.2) is 4.79 Å². The molecule has 26 heavy (non-hydrogen) atoms. The van der Waals surface area contributed by atoms with E-state index in [2.05, 4.69) is 11.1 Å². The van der Waals surface area contributed by atoms with Crippen molar-refractivity contribution in [3.8, 4) is 0 Å². The fourth-order valence-electron chi connectivity index (χ4n) is 3.44. The molecule has 5 heteroatoms. The summed E-state index contributed by atoms with van der Waals surface area (Å²) in [6.07, 6.45) is 1.10. The zero-order chi connectivity index (χ0) is 18.3. The first-order valence-corrected chi connectivity index (χ1v) is 8.78. The molecular formula is C21H18ClNO3. The molecule has 0 amide bonds. The molecule has 4 nitrogen and oxygen atoms in total. The molecule has 0 spiro atoms. The van der Waals surface area contributed by atoms with E-state index < -0.39 is 18.0 Å². The van der Waals surface area contributed by atoms with Gasteiger partial charge in [-0.15, -0.1) is 0 Å². The summed E-state index contributed by atoms with van der Waals surface area (Å²) >= 11 is 5.97. The number of ether oxygens (including phenoxy) is 1. The van der Waals surface area contributed by atoms with Crippen LogP contribution in [0.3, 0.4) is 0 Å². The van der Waals surface area contributed by atoms with Crippen LogP contribution in [0.25, 0.3) is 10.9 Å². The molecule has 2 unspecified atom stereocenters. The average Bonchev–Trinajstić information content (AvgIpc) is 3.18. The van der Waals surface area contributed by atoms with E-state index in [0.717, 1.165) is 22.0 Å². The fourth-order valence-corrected chi connectivity index (χ4v) is 3.56. The number of aliphatic hydroxyl groups excluding tert-OH is 1. The van der Waals surface area contributed by atoms with E-state index in [1.807, 2.05) is 54.7 Å². The number of aromatic nitrogens is 1. The smallest absolute Gasteiger partial charge is 0.333 e. The Morgan fingerprint density at radius 1 is 1.23 bits per heavy atom. The van der Waals surface area contributed by atoms with Gasteiger partial charge < -0.3 is 14.4 Å². The first kappa shape index (κ1) is 16.9. The van der Waals surface area contributed by atoms with Gasteiger partial charge in [0.2, 0.25) is 0 Å². The maximum atomic E-state index is 11.6. The van der Waals surface area contributed by atoms with Crippen LogP contribution in [0.15, 0.2) is 66.9 Å². The third-order valence-corrected chi connectivity index (χ3v) is 5.14. The Bertz CT molecular complexity index is 990. The quantitative estimate of drug-likeness (QED) is 0.557. The molecule has 0 aliphatic carbocycles. The Kier molecular flexibility index (Phi) is 4.31. The van der Waals surface area contributed by atoms with Crippen LogP contribution in [0.2, 0.25) is 5.02 Å². The molecule has 1 fully saturated rings.